The zero-order valence-electron chi connectivity index (χ0n) is 10.2. The first kappa shape index (κ1) is 13.4. The SMILES string of the molecule is COc1cccc(/C=N/NC(=S)NC(C)C)c1. The quantitative estimate of drug-likeness (QED) is 0.487. The van der Waals surface area contributed by atoms with E-state index in [2.05, 4.69) is 15.8 Å². The summed E-state index contributed by atoms with van der Waals surface area (Å²) < 4.78 is 5.11. The summed E-state index contributed by atoms with van der Waals surface area (Å²) in [6.07, 6.45) is 1.69. The maximum atomic E-state index is 5.11. The van der Waals surface area contributed by atoms with Gasteiger partial charge in [0.25, 0.3) is 0 Å². The van der Waals surface area contributed by atoms with Gasteiger partial charge in [-0.3, -0.25) is 5.43 Å². The number of rotatable bonds is 4. The molecular formula is C12H17N3OS. The Labute approximate surface area is 107 Å². The van der Waals surface area contributed by atoms with Gasteiger partial charge >= 0.3 is 0 Å². The maximum absolute atomic E-state index is 5.11. The van der Waals surface area contributed by atoms with Gasteiger partial charge < -0.3 is 10.1 Å². The molecule has 0 bridgehead atoms. The molecule has 17 heavy (non-hydrogen) atoms. The first-order valence-electron chi connectivity index (χ1n) is 5.35. The van der Waals surface area contributed by atoms with E-state index >= 15 is 0 Å². The monoisotopic (exact) mass is 251 g/mol. The molecule has 1 aromatic carbocycles. The Kier molecular flexibility index (Phi) is 5.42. The normalized spacial score (nSPS) is 10.6. The zero-order valence-corrected chi connectivity index (χ0v) is 11.0. The van der Waals surface area contributed by atoms with Crippen molar-refractivity contribution in [1.82, 2.24) is 10.7 Å². The lowest BCUT2D eigenvalue weighted by Gasteiger charge is -2.09. The van der Waals surface area contributed by atoms with Crippen LogP contribution < -0.4 is 15.5 Å². The van der Waals surface area contributed by atoms with Crippen molar-refractivity contribution in [2.75, 3.05) is 7.11 Å². The molecule has 4 nitrogen and oxygen atoms in total. The van der Waals surface area contributed by atoms with E-state index in [1.54, 1.807) is 13.3 Å². The van der Waals surface area contributed by atoms with Gasteiger partial charge in [-0.25, -0.2) is 0 Å². The van der Waals surface area contributed by atoms with Crippen LogP contribution in [0, 0.1) is 0 Å². The van der Waals surface area contributed by atoms with E-state index in [0.29, 0.717) is 11.2 Å². The standard InChI is InChI=1S/C12H17N3OS/c1-9(2)14-12(17)15-13-8-10-5-4-6-11(7-10)16-3/h4-9H,1-3H3,(H2,14,15,17)/b13-8+. The van der Waals surface area contributed by atoms with Gasteiger partial charge in [0, 0.05) is 6.04 Å². The summed E-state index contributed by atoms with van der Waals surface area (Å²) in [5.74, 6) is 0.803. The molecule has 0 aliphatic heterocycles. The van der Waals surface area contributed by atoms with Crippen molar-refractivity contribution in [2.24, 2.45) is 5.10 Å². The molecule has 92 valence electrons. The van der Waals surface area contributed by atoms with Crippen LogP contribution >= 0.6 is 12.2 Å². The lowest BCUT2D eigenvalue weighted by Crippen LogP contribution is -2.36. The van der Waals surface area contributed by atoms with Crippen molar-refractivity contribution in [3.8, 4) is 5.75 Å². The number of benzene rings is 1. The number of hydrogen-bond acceptors (Lipinski definition) is 3. The number of nitrogens with one attached hydrogen (secondary N) is 2. The molecule has 0 atom stereocenters. The Hall–Kier alpha value is -1.62. The fourth-order valence-corrected chi connectivity index (χ4v) is 1.47. The third kappa shape index (κ3) is 5.31. The predicted octanol–water partition coefficient (Wildman–Crippen LogP) is 1.90. The molecule has 0 spiro atoms. The number of hydrazone groups is 1. The Morgan fingerprint density at radius 1 is 1.47 bits per heavy atom. The van der Waals surface area contributed by atoms with Crippen LogP contribution in [0.1, 0.15) is 19.4 Å². The highest BCUT2D eigenvalue weighted by atomic mass is 32.1. The van der Waals surface area contributed by atoms with Crippen LogP contribution in [0.3, 0.4) is 0 Å². The molecule has 0 unspecified atom stereocenters. The van der Waals surface area contributed by atoms with Gasteiger partial charge in [-0.15, -0.1) is 0 Å². The maximum Gasteiger partial charge on any atom is 0.187 e. The molecule has 0 aliphatic carbocycles. The molecule has 0 fully saturated rings. The molecule has 0 aromatic heterocycles. The average Bonchev–Trinajstić information content (AvgIpc) is 2.28. The molecule has 0 saturated heterocycles. The van der Waals surface area contributed by atoms with Crippen molar-refractivity contribution in [2.45, 2.75) is 19.9 Å². The van der Waals surface area contributed by atoms with Gasteiger partial charge in [-0.1, -0.05) is 12.1 Å². The lowest BCUT2D eigenvalue weighted by atomic mass is 10.2. The van der Waals surface area contributed by atoms with Gasteiger partial charge in [0.1, 0.15) is 5.75 Å². The van der Waals surface area contributed by atoms with Crippen molar-refractivity contribution >= 4 is 23.5 Å². The number of ether oxygens (including phenoxy) is 1. The van der Waals surface area contributed by atoms with E-state index in [1.165, 1.54) is 0 Å². The van der Waals surface area contributed by atoms with E-state index in [0.717, 1.165) is 11.3 Å². The second-order valence-corrected chi connectivity index (χ2v) is 4.18. The van der Waals surface area contributed by atoms with E-state index < -0.39 is 0 Å². The third-order valence-electron chi connectivity index (χ3n) is 1.89. The lowest BCUT2D eigenvalue weighted by molar-refractivity contribution is 0.415. The highest BCUT2D eigenvalue weighted by Gasteiger charge is 1.95. The summed E-state index contributed by atoms with van der Waals surface area (Å²) in [7, 11) is 1.64. The molecule has 0 aliphatic rings. The minimum Gasteiger partial charge on any atom is -0.497 e. The van der Waals surface area contributed by atoms with Crippen LogP contribution in [-0.4, -0.2) is 24.5 Å². The van der Waals surface area contributed by atoms with E-state index in [1.807, 2.05) is 38.1 Å². The highest BCUT2D eigenvalue weighted by molar-refractivity contribution is 7.80. The van der Waals surface area contributed by atoms with Crippen molar-refractivity contribution in [3.63, 3.8) is 0 Å². The number of nitrogens with zero attached hydrogens (tertiary/aromatic N) is 1. The Balaban J connectivity index is 2.50. The van der Waals surface area contributed by atoms with Crippen LogP contribution in [0.5, 0.6) is 5.75 Å². The van der Waals surface area contributed by atoms with Gasteiger partial charge in [0.2, 0.25) is 0 Å². The summed E-state index contributed by atoms with van der Waals surface area (Å²) >= 11 is 5.03. The van der Waals surface area contributed by atoms with E-state index in [-0.39, 0.29) is 0 Å². The third-order valence-corrected chi connectivity index (χ3v) is 2.10. The van der Waals surface area contributed by atoms with Crippen LogP contribution in [0.4, 0.5) is 0 Å². The molecule has 0 heterocycles. The molecule has 0 saturated carbocycles. The minimum absolute atomic E-state index is 0.294. The Morgan fingerprint density at radius 3 is 2.88 bits per heavy atom. The van der Waals surface area contributed by atoms with Crippen molar-refractivity contribution in [1.29, 1.82) is 0 Å². The summed E-state index contributed by atoms with van der Waals surface area (Å²) in [5, 5.41) is 7.58. The number of hydrogen-bond donors (Lipinski definition) is 2. The Bertz CT molecular complexity index is 404. The van der Waals surface area contributed by atoms with E-state index in [9.17, 15) is 0 Å². The molecule has 1 rings (SSSR count). The summed E-state index contributed by atoms with van der Waals surface area (Å²) in [6.45, 7) is 4.03. The first-order chi connectivity index (χ1) is 8.11. The molecule has 1 aromatic rings. The largest absolute Gasteiger partial charge is 0.497 e. The van der Waals surface area contributed by atoms with Crippen LogP contribution in [0.25, 0.3) is 0 Å². The highest BCUT2D eigenvalue weighted by Crippen LogP contribution is 2.10. The summed E-state index contributed by atoms with van der Waals surface area (Å²) in [6, 6.07) is 7.92. The second kappa shape index (κ2) is 6.85. The molecule has 5 heteroatoms. The molecule has 0 amide bonds. The van der Waals surface area contributed by atoms with E-state index in [4.69, 9.17) is 17.0 Å². The summed E-state index contributed by atoms with van der Waals surface area (Å²) in [5.41, 5.74) is 3.70. The molecule has 2 N–H and O–H groups in total. The second-order valence-electron chi connectivity index (χ2n) is 3.77. The van der Waals surface area contributed by atoms with Crippen LogP contribution in [-0.2, 0) is 0 Å². The first-order valence-corrected chi connectivity index (χ1v) is 5.76. The molecule has 0 radical (unpaired) electrons. The minimum atomic E-state index is 0.294. The van der Waals surface area contributed by atoms with Crippen molar-refractivity contribution in [3.05, 3.63) is 29.8 Å². The topological polar surface area (TPSA) is 45.6 Å². The van der Waals surface area contributed by atoms with Gasteiger partial charge in [-0.2, -0.15) is 5.10 Å². The van der Waals surface area contributed by atoms with Gasteiger partial charge in [0.15, 0.2) is 5.11 Å². The summed E-state index contributed by atoms with van der Waals surface area (Å²) in [4.78, 5) is 0. The molecular weight excluding hydrogens is 234 g/mol. The average molecular weight is 251 g/mol. The van der Waals surface area contributed by atoms with Crippen LogP contribution in [0.15, 0.2) is 29.4 Å². The fraction of sp³-hybridized carbons (Fsp3) is 0.333. The Morgan fingerprint density at radius 2 is 2.24 bits per heavy atom. The fourth-order valence-electron chi connectivity index (χ4n) is 1.18. The smallest absolute Gasteiger partial charge is 0.187 e. The number of thiocarbonyl (C=S) groups is 1. The van der Waals surface area contributed by atoms with Gasteiger partial charge in [-0.05, 0) is 43.8 Å². The number of methoxy groups -OCH3 is 1. The predicted molar refractivity (Wildman–Crippen MR) is 74.6 cm³/mol. The van der Waals surface area contributed by atoms with Crippen molar-refractivity contribution < 1.29 is 4.74 Å². The zero-order chi connectivity index (χ0) is 12.7. The van der Waals surface area contributed by atoms with Gasteiger partial charge in [0.05, 0.1) is 13.3 Å². The van der Waals surface area contributed by atoms with Crippen LogP contribution in [0.2, 0.25) is 0 Å².